The van der Waals surface area contributed by atoms with Gasteiger partial charge in [0.05, 0.1) is 11.1 Å². The van der Waals surface area contributed by atoms with Gasteiger partial charge in [-0.3, -0.25) is 19.2 Å². The lowest BCUT2D eigenvalue weighted by molar-refractivity contribution is -0.147. The molecule has 0 bridgehead atoms. The molecule has 2 heterocycles. The van der Waals surface area contributed by atoms with Gasteiger partial charge in [-0.15, -0.1) is 0 Å². The van der Waals surface area contributed by atoms with Crippen LogP contribution in [0.4, 0.5) is 0 Å². The van der Waals surface area contributed by atoms with Crippen LogP contribution in [0.25, 0.3) is 0 Å². The molecule has 1 fully saturated rings. The molecule has 0 radical (unpaired) electrons. The number of benzene rings is 1. The van der Waals surface area contributed by atoms with Crippen molar-refractivity contribution in [2.45, 2.75) is 18.3 Å². The molecule has 1 saturated heterocycles. The Morgan fingerprint density at radius 3 is 2.31 bits per heavy atom. The number of hydrogen-bond donors (Lipinski definition) is 1. The van der Waals surface area contributed by atoms with E-state index in [1.165, 1.54) is 11.8 Å². The van der Waals surface area contributed by atoms with Crippen LogP contribution >= 0.6 is 27.9 Å². The molecular formula is C17H16BrN3O4S. The van der Waals surface area contributed by atoms with Crippen LogP contribution in [0.3, 0.4) is 0 Å². The van der Waals surface area contributed by atoms with E-state index in [0.717, 1.165) is 21.8 Å². The molecule has 4 amide bonds. The van der Waals surface area contributed by atoms with Crippen molar-refractivity contribution in [2.24, 2.45) is 0 Å². The van der Waals surface area contributed by atoms with Crippen molar-refractivity contribution in [3.63, 3.8) is 0 Å². The highest BCUT2D eigenvalue weighted by Crippen LogP contribution is 2.37. The van der Waals surface area contributed by atoms with Crippen molar-refractivity contribution in [2.75, 3.05) is 11.9 Å². The molecule has 0 spiro atoms. The lowest BCUT2D eigenvalue weighted by atomic mass is 10.1. The van der Waals surface area contributed by atoms with Crippen molar-refractivity contribution < 1.29 is 19.2 Å². The number of hydrogen-bond acceptors (Lipinski definition) is 5. The standard InChI is InChI=1S/C17H16BrN3O4S/c1-9(7-18)8-20-16(25)13(19-10(2)22)17(20)26-21-14(23)11-5-3-4-6-12(11)15(21)24/h3-6,13,17H,1,7-8H2,2H3,(H,19,22). The molecular weight excluding hydrogens is 422 g/mol. The Kier molecular flexibility index (Phi) is 5.19. The maximum absolute atomic E-state index is 12.5. The number of likely N-dealkylation sites (tertiary alicyclic amines) is 1. The summed E-state index contributed by atoms with van der Waals surface area (Å²) in [5.41, 5.74) is 1.44. The number of fused-ring (bicyclic) bond motifs is 1. The third-order valence-corrected chi connectivity index (χ3v) is 6.13. The zero-order valence-electron chi connectivity index (χ0n) is 13.9. The third kappa shape index (κ3) is 3.16. The van der Waals surface area contributed by atoms with Crippen molar-refractivity contribution in [1.82, 2.24) is 14.5 Å². The summed E-state index contributed by atoms with van der Waals surface area (Å²) in [6, 6.07) is 5.79. The van der Waals surface area contributed by atoms with E-state index in [0.29, 0.717) is 16.5 Å². The topological polar surface area (TPSA) is 86.8 Å². The number of carbonyl (C=O) groups is 4. The Balaban J connectivity index is 1.81. The second-order valence-corrected chi connectivity index (χ2v) is 7.59. The summed E-state index contributed by atoms with van der Waals surface area (Å²) in [7, 11) is 0. The Morgan fingerprint density at radius 2 is 1.81 bits per heavy atom. The highest BCUT2D eigenvalue weighted by Gasteiger charge is 2.51. The van der Waals surface area contributed by atoms with Crippen LogP contribution in [0, 0.1) is 0 Å². The fraction of sp³-hybridized carbons (Fsp3) is 0.294. The fourth-order valence-electron chi connectivity index (χ4n) is 2.82. The van der Waals surface area contributed by atoms with Gasteiger partial charge in [0.25, 0.3) is 11.8 Å². The van der Waals surface area contributed by atoms with Crippen LogP contribution in [0.1, 0.15) is 27.6 Å². The first-order chi connectivity index (χ1) is 12.3. The molecule has 0 aliphatic carbocycles. The van der Waals surface area contributed by atoms with Crippen LogP contribution in [0.5, 0.6) is 0 Å². The van der Waals surface area contributed by atoms with E-state index in [1.807, 2.05) is 0 Å². The van der Waals surface area contributed by atoms with E-state index < -0.39 is 23.2 Å². The molecule has 3 rings (SSSR count). The van der Waals surface area contributed by atoms with E-state index in [4.69, 9.17) is 0 Å². The van der Waals surface area contributed by atoms with Gasteiger partial charge in [-0.25, -0.2) is 4.31 Å². The summed E-state index contributed by atoms with van der Waals surface area (Å²) < 4.78 is 1.06. The summed E-state index contributed by atoms with van der Waals surface area (Å²) in [6.45, 7) is 5.45. The zero-order chi connectivity index (χ0) is 19.0. The van der Waals surface area contributed by atoms with Crippen molar-refractivity contribution in [1.29, 1.82) is 0 Å². The van der Waals surface area contributed by atoms with Crippen molar-refractivity contribution >= 4 is 51.5 Å². The predicted octanol–water partition coefficient (Wildman–Crippen LogP) is 1.55. The second-order valence-electron chi connectivity index (χ2n) is 5.97. The van der Waals surface area contributed by atoms with Gasteiger partial charge in [0.1, 0.15) is 11.4 Å². The summed E-state index contributed by atoms with van der Waals surface area (Å²) in [5, 5.41) is 2.54. The molecule has 1 aromatic carbocycles. The van der Waals surface area contributed by atoms with E-state index in [1.54, 1.807) is 24.3 Å². The minimum absolute atomic E-state index is 0.267. The predicted molar refractivity (Wildman–Crippen MR) is 101 cm³/mol. The first-order valence-corrected chi connectivity index (χ1v) is 9.75. The van der Waals surface area contributed by atoms with Crippen LogP contribution in [0.2, 0.25) is 0 Å². The first-order valence-electron chi connectivity index (χ1n) is 7.80. The van der Waals surface area contributed by atoms with Crippen LogP contribution in [0.15, 0.2) is 36.4 Å². The molecule has 2 aliphatic heterocycles. The molecule has 1 aromatic rings. The fourth-order valence-corrected chi connectivity index (χ4v) is 4.20. The summed E-state index contributed by atoms with van der Waals surface area (Å²) in [6.07, 6.45) is 0. The van der Waals surface area contributed by atoms with Gasteiger partial charge >= 0.3 is 0 Å². The molecule has 1 N–H and O–H groups in total. The number of alkyl halides is 1. The minimum Gasteiger partial charge on any atom is -0.342 e. The maximum Gasteiger partial charge on any atom is 0.271 e. The number of carbonyl (C=O) groups excluding carboxylic acids is 4. The van der Waals surface area contributed by atoms with Crippen LogP contribution < -0.4 is 5.32 Å². The number of imide groups is 1. The highest BCUT2D eigenvalue weighted by molar-refractivity contribution is 9.09. The molecule has 0 aromatic heterocycles. The summed E-state index contributed by atoms with van der Waals surface area (Å²) in [5.74, 6) is -1.46. The molecule has 0 saturated carbocycles. The molecule has 7 nitrogen and oxygen atoms in total. The smallest absolute Gasteiger partial charge is 0.271 e. The molecule has 136 valence electrons. The summed E-state index contributed by atoms with van der Waals surface area (Å²) in [4.78, 5) is 50.4. The quantitative estimate of drug-likeness (QED) is 0.240. The number of rotatable bonds is 6. The molecule has 9 heteroatoms. The van der Waals surface area contributed by atoms with Gasteiger partial charge in [-0.2, -0.15) is 0 Å². The average Bonchev–Trinajstić information content (AvgIpc) is 2.87. The van der Waals surface area contributed by atoms with E-state index in [9.17, 15) is 19.2 Å². The minimum atomic E-state index is -0.787. The SMILES string of the molecule is C=C(CBr)CN1C(=O)C(NC(C)=O)C1SN1C(=O)c2ccccc2C1=O. The van der Waals surface area contributed by atoms with Gasteiger partial charge in [-0.05, 0) is 29.7 Å². The maximum atomic E-state index is 12.5. The van der Waals surface area contributed by atoms with E-state index in [2.05, 4.69) is 27.8 Å². The average molecular weight is 438 g/mol. The number of nitrogens with one attached hydrogen (secondary N) is 1. The Labute approximate surface area is 163 Å². The zero-order valence-corrected chi connectivity index (χ0v) is 16.3. The lowest BCUT2D eigenvalue weighted by Crippen LogP contribution is -2.70. The highest BCUT2D eigenvalue weighted by atomic mass is 79.9. The summed E-state index contributed by atoms with van der Waals surface area (Å²) >= 11 is 4.24. The van der Waals surface area contributed by atoms with Crippen LogP contribution in [-0.4, -0.2) is 56.1 Å². The number of amides is 4. The van der Waals surface area contributed by atoms with Gasteiger partial charge in [0, 0.05) is 18.8 Å². The molecule has 2 unspecified atom stereocenters. The molecule has 2 aliphatic rings. The van der Waals surface area contributed by atoms with Gasteiger partial charge < -0.3 is 10.2 Å². The van der Waals surface area contributed by atoms with Gasteiger partial charge in [0.15, 0.2) is 0 Å². The van der Waals surface area contributed by atoms with Crippen LogP contribution in [-0.2, 0) is 9.59 Å². The van der Waals surface area contributed by atoms with Gasteiger partial charge in [-0.1, -0.05) is 34.6 Å². The first kappa shape index (κ1) is 18.7. The monoisotopic (exact) mass is 437 g/mol. The number of halogens is 1. The van der Waals surface area contributed by atoms with E-state index in [-0.39, 0.29) is 18.4 Å². The number of nitrogens with zero attached hydrogens (tertiary/aromatic N) is 2. The van der Waals surface area contributed by atoms with Crippen molar-refractivity contribution in [3.05, 3.63) is 47.5 Å². The van der Waals surface area contributed by atoms with E-state index >= 15 is 0 Å². The third-order valence-electron chi connectivity index (χ3n) is 4.05. The van der Waals surface area contributed by atoms with Gasteiger partial charge in [0.2, 0.25) is 11.8 Å². The normalized spacial score (nSPS) is 21.5. The molecule has 2 atom stereocenters. The Bertz CT molecular complexity index is 793. The van der Waals surface area contributed by atoms with Crippen molar-refractivity contribution in [3.8, 4) is 0 Å². The Morgan fingerprint density at radius 1 is 1.23 bits per heavy atom. The Hall–Kier alpha value is -2.13. The largest absolute Gasteiger partial charge is 0.342 e. The second kappa shape index (κ2) is 7.24. The lowest BCUT2D eigenvalue weighted by Gasteiger charge is -2.47. The number of β-lactam (4-membered cyclic amide) rings is 1. The molecule has 26 heavy (non-hydrogen) atoms.